The van der Waals surface area contributed by atoms with Crippen LogP contribution in [0.5, 0.6) is 0 Å². The third-order valence-corrected chi connectivity index (χ3v) is 1.91. The Morgan fingerprint density at radius 1 is 1.50 bits per heavy atom. The Hall–Kier alpha value is -1.97. The van der Waals surface area contributed by atoms with Crippen molar-refractivity contribution in [3.05, 3.63) is 36.0 Å². The normalized spacial score (nSPS) is 11.0. The van der Waals surface area contributed by atoms with Crippen LogP contribution in [0.3, 0.4) is 0 Å². The van der Waals surface area contributed by atoms with E-state index in [2.05, 4.69) is 5.32 Å². The minimum absolute atomic E-state index is 0.359. The van der Waals surface area contributed by atoms with Gasteiger partial charge in [-0.05, 0) is 26.0 Å². The lowest BCUT2D eigenvalue weighted by Crippen LogP contribution is -2.05. The molecule has 3 N–H and O–H groups in total. The number of nitrogens with one attached hydrogen (secondary N) is 1. The summed E-state index contributed by atoms with van der Waals surface area (Å²) in [7, 11) is 0. The first-order valence-corrected chi connectivity index (χ1v) is 5.10. The molecule has 0 bridgehead atoms. The number of carbonyl (C=O) groups is 1. The van der Waals surface area contributed by atoms with Gasteiger partial charge in [-0.2, -0.15) is 0 Å². The molecule has 0 amide bonds. The van der Waals surface area contributed by atoms with Crippen molar-refractivity contribution in [2.45, 2.75) is 13.8 Å². The number of rotatable bonds is 4. The zero-order valence-electron chi connectivity index (χ0n) is 9.49. The summed E-state index contributed by atoms with van der Waals surface area (Å²) < 4.78 is 4.79. The average molecular weight is 220 g/mol. The number of hydrogen-bond donors (Lipinski definition) is 2. The van der Waals surface area contributed by atoms with E-state index in [4.69, 9.17) is 10.5 Å². The van der Waals surface area contributed by atoms with Gasteiger partial charge >= 0.3 is 5.97 Å². The molecule has 0 aliphatic heterocycles. The van der Waals surface area contributed by atoms with Crippen LogP contribution in [-0.4, -0.2) is 12.6 Å². The Balaban J connectivity index is 2.67. The van der Waals surface area contributed by atoms with E-state index in [9.17, 15) is 4.79 Å². The fourth-order valence-corrected chi connectivity index (χ4v) is 1.22. The van der Waals surface area contributed by atoms with E-state index in [1.807, 2.05) is 18.2 Å². The number of carbonyl (C=O) groups excluding carboxylic acids is 1. The topological polar surface area (TPSA) is 64.3 Å². The van der Waals surface area contributed by atoms with Crippen molar-refractivity contribution >= 4 is 17.3 Å². The second-order valence-electron chi connectivity index (χ2n) is 3.29. The Labute approximate surface area is 95.1 Å². The summed E-state index contributed by atoms with van der Waals surface area (Å²) in [4.78, 5) is 11.2. The summed E-state index contributed by atoms with van der Waals surface area (Å²) >= 11 is 0. The molecular formula is C12H16N2O2. The summed E-state index contributed by atoms with van der Waals surface area (Å²) in [5, 5.41) is 3.03. The number of nitrogen functional groups attached to an aromatic ring is 1. The Bertz CT molecular complexity index is 400. The van der Waals surface area contributed by atoms with Crippen molar-refractivity contribution < 1.29 is 9.53 Å². The summed E-state index contributed by atoms with van der Waals surface area (Å²) in [6.45, 7) is 3.92. The number of nitrogens with two attached hydrogens (primary N) is 1. The maximum atomic E-state index is 11.2. The Kier molecular flexibility index (Phi) is 4.39. The fourth-order valence-electron chi connectivity index (χ4n) is 1.22. The van der Waals surface area contributed by atoms with E-state index in [0.29, 0.717) is 18.0 Å². The first kappa shape index (κ1) is 12.1. The van der Waals surface area contributed by atoms with Crippen LogP contribution in [0.1, 0.15) is 13.8 Å². The average Bonchev–Trinajstić information content (AvgIpc) is 2.21. The summed E-state index contributed by atoms with van der Waals surface area (Å²) in [5.41, 5.74) is 7.86. The Morgan fingerprint density at radius 2 is 2.19 bits per heavy atom. The molecule has 16 heavy (non-hydrogen) atoms. The predicted molar refractivity (Wildman–Crippen MR) is 64.9 cm³/mol. The zero-order chi connectivity index (χ0) is 12.0. The van der Waals surface area contributed by atoms with Crippen molar-refractivity contribution in [1.29, 1.82) is 0 Å². The SMILES string of the molecule is CCOC(=O)/C=C(\C)Nc1ccccc1N. The molecule has 1 rings (SSSR count). The van der Waals surface area contributed by atoms with Crippen LogP contribution >= 0.6 is 0 Å². The molecule has 0 fully saturated rings. The van der Waals surface area contributed by atoms with E-state index < -0.39 is 0 Å². The highest BCUT2D eigenvalue weighted by molar-refractivity contribution is 5.83. The first-order valence-electron chi connectivity index (χ1n) is 5.10. The smallest absolute Gasteiger partial charge is 0.332 e. The largest absolute Gasteiger partial charge is 0.463 e. The van der Waals surface area contributed by atoms with Crippen LogP contribution in [0.15, 0.2) is 36.0 Å². The van der Waals surface area contributed by atoms with Gasteiger partial charge in [0.05, 0.1) is 18.0 Å². The second kappa shape index (κ2) is 5.80. The zero-order valence-corrected chi connectivity index (χ0v) is 9.49. The molecule has 0 aliphatic rings. The van der Waals surface area contributed by atoms with Crippen LogP contribution in [0.2, 0.25) is 0 Å². The van der Waals surface area contributed by atoms with Crippen LogP contribution in [0, 0.1) is 0 Å². The summed E-state index contributed by atoms with van der Waals surface area (Å²) in [6.07, 6.45) is 1.40. The van der Waals surface area contributed by atoms with E-state index in [0.717, 1.165) is 5.69 Å². The highest BCUT2D eigenvalue weighted by Gasteiger charge is 2.00. The molecule has 1 aromatic carbocycles. The van der Waals surface area contributed by atoms with Gasteiger partial charge in [-0.1, -0.05) is 12.1 Å². The molecule has 86 valence electrons. The van der Waals surface area contributed by atoms with Crippen molar-refractivity contribution in [2.75, 3.05) is 17.7 Å². The lowest BCUT2D eigenvalue weighted by atomic mass is 10.2. The number of esters is 1. The van der Waals surface area contributed by atoms with E-state index in [1.54, 1.807) is 19.9 Å². The van der Waals surface area contributed by atoms with Gasteiger partial charge in [-0.25, -0.2) is 4.79 Å². The van der Waals surface area contributed by atoms with Crippen LogP contribution < -0.4 is 11.1 Å². The molecule has 0 atom stereocenters. The number of anilines is 2. The molecule has 0 saturated carbocycles. The van der Waals surface area contributed by atoms with Gasteiger partial charge in [0.15, 0.2) is 0 Å². The molecule has 4 heteroatoms. The minimum Gasteiger partial charge on any atom is -0.463 e. The number of benzene rings is 1. The monoisotopic (exact) mass is 220 g/mol. The van der Waals surface area contributed by atoms with Crippen LogP contribution in [-0.2, 0) is 9.53 Å². The van der Waals surface area contributed by atoms with Crippen molar-refractivity contribution in [3.8, 4) is 0 Å². The molecular weight excluding hydrogens is 204 g/mol. The van der Waals surface area contributed by atoms with Crippen LogP contribution in [0.4, 0.5) is 11.4 Å². The molecule has 0 unspecified atom stereocenters. The lowest BCUT2D eigenvalue weighted by Gasteiger charge is -2.08. The van der Waals surface area contributed by atoms with Gasteiger partial charge in [-0.3, -0.25) is 0 Å². The van der Waals surface area contributed by atoms with Crippen molar-refractivity contribution in [2.24, 2.45) is 0 Å². The number of allylic oxidation sites excluding steroid dienone is 1. The number of hydrogen-bond acceptors (Lipinski definition) is 4. The summed E-state index contributed by atoms with van der Waals surface area (Å²) in [5.74, 6) is -0.359. The van der Waals surface area contributed by atoms with Gasteiger partial charge in [0.2, 0.25) is 0 Å². The van der Waals surface area contributed by atoms with Gasteiger partial charge in [0, 0.05) is 11.8 Å². The summed E-state index contributed by atoms with van der Waals surface area (Å²) in [6, 6.07) is 7.36. The predicted octanol–water partition coefficient (Wildman–Crippen LogP) is 2.15. The van der Waals surface area contributed by atoms with E-state index in [1.165, 1.54) is 6.08 Å². The molecule has 0 aliphatic carbocycles. The second-order valence-corrected chi connectivity index (χ2v) is 3.29. The Morgan fingerprint density at radius 3 is 2.81 bits per heavy atom. The lowest BCUT2D eigenvalue weighted by molar-refractivity contribution is -0.137. The van der Waals surface area contributed by atoms with Gasteiger partial charge in [0.25, 0.3) is 0 Å². The third-order valence-electron chi connectivity index (χ3n) is 1.91. The van der Waals surface area contributed by atoms with Crippen LogP contribution in [0.25, 0.3) is 0 Å². The maximum absolute atomic E-state index is 11.2. The van der Waals surface area contributed by atoms with Crippen molar-refractivity contribution in [1.82, 2.24) is 0 Å². The van der Waals surface area contributed by atoms with Gasteiger partial charge in [0.1, 0.15) is 0 Å². The van der Waals surface area contributed by atoms with Gasteiger partial charge < -0.3 is 15.8 Å². The molecule has 1 aromatic rings. The molecule has 0 heterocycles. The minimum atomic E-state index is -0.359. The highest BCUT2D eigenvalue weighted by Crippen LogP contribution is 2.18. The molecule has 0 radical (unpaired) electrons. The fraction of sp³-hybridized carbons (Fsp3) is 0.250. The quantitative estimate of drug-likeness (QED) is 0.463. The van der Waals surface area contributed by atoms with Gasteiger partial charge in [-0.15, -0.1) is 0 Å². The standard InChI is InChI=1S/C12H16N2O2/c1-3-16-12(15)8-9(2)14-11-7-5-4-6-10(11)13/h4-8,14H,3,13H2,1-2H3/b9-8+. The molecule has 0 spiro atoms. The van der Waals surface area contributed by atoms with Crippen molar-refractivity contribution in [3.63, 3.8) is 0 Å². The first-order chi connectivity index (χ1) is 7.63. The third kappa shape index (κ3) is 3.65. The van der Waals surface area contributed by atoms with E-state index in [-0.39, 0.29) is 5.97 Å². The number of ether oxygens (including phenoxy) is 1. The highest BCUT2D eigenvalue weighted by atomic mass is 16.5. The maximum Gasteiger partial charge on any atom is 0.332 e. The van der Waals surface area contributed by atoms with E-state index >= 15 is 0 Å². The molecule has 0 aromatic heterocycles. The molecule has 4 nitrogen and oxygen atoms in total. The molecule has 0 saturated heterocycles. The number of para-hydroxylation sites is 2.